The second-order valence-electron chi connectivity index (χ2n) is 3.40. The van der Waals surface area contributed by atoms with Gasteiger partial charge in [-0.15, -0.1) is 0 Å². The standard InChI is InChI=1S/C10H11BrFN/c11-9-3-1-8(2-4-9)10(12)5-6-13-7-10/h1-4,13H,5-7H2. The number of benzene rings is 1. The predicted octanol–water partition coefficient (Wildman–Crippen LogP) is 2.61. The summed E-state index contributed by atoms with van der Waals surface area (Å²) in [6, 6.07) is 7.46. The Morgan fingerprint density at radius 3 is 2.54 bits per heavy atom. The van der Waals surface area contributed by atoms with Gasteiger partial charge in [0.05, 0.1) is 0 Å². The van der Waals surface area contributed by atoms with Crippen LogP contribution in [0.3, 0.4) is 0 Å². The summed E-state index contributed by atoms with van der Waals surface area (Å²) in [7, 11) is 0. The number of rotatable bonds is 1. The molecule has 1 N–H and O–H groups in total. The first-order valence-corrected chi connectivity index (χ1v) is 5.16. The maximum atomic E-state index is 14.1. The van der Waals surface area contributed by atoms with Gasteiger partial charge in [0, 0.05) is 11.0 Å². The van der Waals surface area contributed by atoms with Gasteiger partial charge in [-0.05, 0) is 30.7 Å². The molecule has 1 nitrogen and oxygen atoms in total. The molecule has 1 aliphatic rings. The van der Waals surface area contributed by atoms with Gasteiger partial charge in [-0.3, -0.25) is 0 Å². The predicted molar refractivity (Wildman–Crippen MR) is 54.4 cm³/mol. The van der Waals surface area contributed by atoms with Crippen LogP contribution in [0.2, 0.25) is 0 Å². The van der Waals surface area contributed by atoms with E-state index in [1.807, 2.05) is 24.3 Å². The van der Waals surface area contributed by atoms with Crippen LogP contribution < -0.4 is 5.32 Å². The maximum absolute atomic E-state index is 14.1. The minimum atomic E-state index is -1.15. The Labute approximate surface area is 85.5 Å². The first-order valence-electron chi connectivity index (χ1n) is 4.36. The van der Waals surface area contributed by atoms with E-state index >= 15 is 0 Å². The average Bonchev–Trinajstić information content (AvgIpc) is 2.54. The number of alkyl halides is 1. The van der Waals surface area contributed by atoms with Crippen LogP contribution >= 0.6 is 15.9 Å². The fourth-order valence-corrected chi connectivity index (χ4v) is 1.92. The van der Waals surface area contributed by atoms with Gasteiger partial charge in [-0.25, -0.2) is 4.39 Å². The van der Waals surface area contributed by atoms with Gasteiger partial charge in [0.15, 0.2) is 0 Å². The van der Waals surface area contributed by atoms with Crippen molar-refractivity contribution < 1.29 is 4.39 Å². The lowest BCUT2D eigenvalue weighted by atomic mass is 9.95. The van der Waals surface area contributed by atoms with E-state index < -0.39 is 5.67 Å². The first-order chi connectivity index (χ1) is 6.21. The molecule has 0 bridgehead atoms. The normalized spacial score (nSPS) is 27.8. The second-order valence-corrected chi connectivity index (χ2v) is 4.31. The lowest BCUT2D eigenvalue weighted by molar-refractivity contribution is 0.193. The van der Waals surface area contributed by atoms with Crippen molar-refractivity contribution in [2.45, 2.75) is 12.1 Å². The molecule has 1 fully saturated rings. The summed E-state index contributed by atoms with van der Waals surface area (Å²) in [4.78, 5) is 0. The summed E-state index contributed by atoms with van der Waals surface area (Å²) in [5.41, 5.74) is -0.374. The average molecular weight is 244 g/mol. The molecule has 3 heteroatoms. The van der Waals surface area contributed by atoms with Gasteiger partial charge in [0.1, 0.15) is 5.67 Å². The quantitative estimate of drug-likeness (QED) is 0.800. The Morgan fingerprint density at radius 1 is 1.31 bits per heavy atom. The molecule has 0 aliphatic carbocycles. The van der Waals surface area contributed by atoms with E-state index in [9.17, 15) is 4.39 Å². The van der Waals surface area contributed by atoms with E-state index in [0.717, 1.165) is 16.6 Å². The van der Waals surface area contributed by atoms with Crippen LogP contribution in [0.5, 0.6) is 0 Å². The lowest BCUT2D eigenvalue weighted by Crippen LogP contribution is -2.22. The zero-order valence-corrected chi connectivity index (χ0v) is 8.77. The number of halogens is 2. The highest BCUT2D eigenvalue weighted by Crippen LogP contribution is 2.32. The highest BCUT2D eigenvalue weighted by Gasteiger charge is 2.35. The molecule has 13 heavy (non-hydrogen) atoms. The molecule has 0 radical (unpaired) electrons. The molecule has 0 spiro atoms. The molecule has 1 aromatic rings. The summed E-state index contributed by atoms with van der Waals surface area (Å²) < 4.78 is 15.1. The molecular formula is C10H11BrFN. The molecule has 0 amide bonds. The molecule has 2 rings (SSSR count). The molecule has 1 aromatic carbocycles. The second kappa shape index (κ2) is 3.39. The number of hydrogen-bond donors (Lipinski definition) is 1. The summed E-state index contributed by atoms with van der Waals surface area (Å²) >= 11 is 3.33. The Balaban J connectivity index is 2.29. The van der Waals surface area contributed by atoms with E-state index in [0.29, 0.717) is 13.0 Å². The molecule has 1 aliphatic heterocycles. The molecule has 1 atom stereocenters. The van der Waals surface area contributed by atoms with E-state index in [2.05, 4.69) is 21.2 Å². The SMILES string of the molecule is FC1(c2ccc(Br)cc2)CCNC1. The Kier molecular flexibility index (Phi) is 2.39. The maximum Gasteiger partial charge on any atom is 0.149 e. The van der Waals surface area contributed by atoms with E-state index in [4.69, 9.17) is 0 Å². The summed E-state index contributed by atoms with van der Waals surface area (Å²) in [6.45, 7) is 1.21. The van der Waals surface area contributed by atoms with Gasteiger partial charge in [-0.1, -0.05) is 28.1 Å². The molecular weight excluding hydrogens is 233 g/mol. The Bertz CT molecular complexity index is 290. The molecule has 1 heterocycles. The summed E-state index contributed by atoms with van der Waals surface area (Å²) in [6.07, 6.45) is 0.578. The van der Waals surface area contributed by atoms with E-state index in [1.165, 1.54) is 0 Å². The van der Waals surface area contributed by atoms with Crippen LogP contribution in [0, 0.1) is 0 Å². The molecule has 0 aromatic heterocycles. The third-order valence-electron chi connectivity index (χ3n) is 2.46. The van der Waals surface area contributed by atoms with Crippen molar-refractivity contribution in [2.24, 2.45) is 0 Å². The zero-order chi connectivity index (χ0) is 9.31. The van der Waals surface area contributed by atoms with Gasteiger partial charge in [0.2, 0.25) is 0 Å². The fraction of sp³-hybridized carbons (Fsp3) is 0.400. The zero-order valence-electron chi connectivity index (χ0n) is 7.19. The Hall–Kier alpha value is -0.410. The Morgan fingerprint density at radius 2 is 2.00 bits per heavy atom. The minimum Gasteiger partial charge on any atom is -0.313 e. The molecule has 1 unspecified atom stereocenters. The minimum absolute atomic E-state index is 0.439. The largest absolute Gasteiger partial charge is 0.313 e. The van der Waals surface area contributed by atoms with Crippen molar-refractivity contribution in [2.75, 3.05) is 13.1 Å². The van der Waals surface area contributed by atoms with Gasteiger partial charge < -0.3 is 5.32 Å². The fourth-order valence-electron chi connectivity index (χ4n) is 1.66. The van der Waals surface area contributed by atoms with Crippen molar-refractivity contribution in [1.82, 2.24) is 5.32 Å². The smallest absolute Gasteiger partial charge is 0.149 e. The van der Waals surface area contributed by atoms with Crippen LogP contribution in [-0.2, 0) is 5.67 Å². The summed E-state index contributed by atoms with van der Waals surface area (Å²) in [5, 5.41) is 3.04. The van der Waals surface area contributed by atoms with Gasteiger partial charge in [-0.2, -0.15) is 0 Å². The topological polar surface area (TPSA) is 12.0 Å². The first kappa shape index (κ1) is 9.16. The molecule has 0 saturated carbocycles. The number of hydrogen-bond acceptors (Lipinski definition) is 1. The van der Waals surface area contributed by atoms with Gasteiger partial charge in [0.25, 0.3) is 0 Å². The summed E-state index contributed by atoms with van der Waals surface area (Å²) in [5.74, 6) is 0. The van der Waals surface area contributed by atoms with E-state index in [1.54, 1.807) is 0 Å². The lowest BCUT2D eigenvalue weighted by Gasteiger charge is -2.18. The van der Waals surface area contributed by atoms with Crippen LogP contribution in [0.4, 0.5) is 4.39 Å². The highest BCUT2D eigenvalue weighted by atomic mass is 79.9. The van der Waals surface area contributed by atoms with Crippen LogP contribution in [-0.4, -0.2) is 13.1 Å². The van der Waals surface area contributed by atoms with Crippen LogP contribution in [0.15, 0.2) is 28.7 Å². The van der Waals surface area contributed by atoms with Crippen LogP contribution in [0.1, 0.15) is 12.0 Å². The van der Waals surface area contributed by atoms with Crippen molar-refractivity contribution in [1.29, 1.82) is 0 Å². The monoisotopic (exact) mass is 243 g/mol. The molecule has 70 valence electrons. The van der Waals surface area contributed by atoms with E-state index in [-0.39, 0.29) is 0 Å². The van der Waals surface area contributed by atoms with Crippen molar-refractivity contribution in [3.63, 3.8) is 0 Å². The molecule has 1 saturated heterocycles. The third-order valence-corrected chi connectivity index (χ3v) is 2.99. The van der Waals surface area contributed by atoms with Crippen molar-refractivity contribution >= 4 is 15.9 Å². The highest BCUT2D eigenvalue weighted by molar-refractivity contribution is 9.10. The number of nitrogens with one attached hydrogen (secondary N) is 1. The third kappa shape index (κ3) is 1.76. The van der Waals surface area contributed by atoms with Crippen molar-refractivity contribution in [3.8, 4) is 0 Å². The van der Waals surface area contributed by atoms with Crippen molar-refractivity contribution in [3.05, 3.63) is 34.3 Å². The van der Waals surface area contributed by atoms with Crippen LogP contribution in [0.25, 0.3) is 0 Å². The van der Waals surface area contributed by atoms with Gasteiger partial charge >= 0.3 is 0 Å².